The summed E-state index contributed by atoms with van der Waals surface area (Å²) in [5.74, 6) is -1.23. The van der Waals surface area contributed by atoms with Crippen LogP contribution >= 0.6 is 0 Å². The molecule has 0 aliphatic carbocycles. The van der Waals surface area contributed by atoms with Gasteiger partial charge < -0.3 is 15.7 Å². The highest BCUT2D eigenvalue weighted by Gasteiger charge is 2.37. The van der Waals surface area contributed by atoms with Gasteiger partial charge in [0, 0.05) is 0 Å². The van der Waals surface area contributed by atoms with E-state index in [-0.39, 0.29) is 11.8 Å². The number of carboxylic acid groups (broad SMARTS) is 1. The molecule has 1 aliphatic heterocycles. The van der Waals surface area contributed by atoms with Gasteiger partial charge in [-0.1, -0.05) is 20.3 Å². The maximum absolute atomic E-state index is 12.2. The predicted molar refractivity (Wildman–Crippen MR) is 69.3 cm³/mol. The molecule has 0 aromatic rings. The van der Waals surface area contributed by atoms with Gasteiger partial charge in [-0.25, -0.2) is 4.79 Å². The maximum Gasteiger partial charge on any atom is 0.326 e. The van der Waals surface area contributed by atoms with Gasteiger partial charge in [-0.05, 0) is 38.6 Å². The van der Waals surface area contributed by atoms with E-state index in [1.165, 1.54) is 0 Å². The lowest BCUT2D eigenvalue weighted by atomic mass is 9.89. The van der Waals surface area contributed by atoms with Gasteiger partial charge in [0.1, 0.15) is 6.04 Å². The quantitative estimate of drug-likeness (QED) is 0.689. The molecule has 0 spiro atoms. The molecule has 1 saturated heterocycles. The summed E-state index contributed by atoms with van der Waals surface area (Å²) in [5, 5.41) is 15.0. The van der Waals surface area contributed by atoms with E-state index in [1.54, 1.807) is 0 Å². The van der Waals surface area contributed by atoms with E-state index in [2.05, 4.69) is 10.6 Å². The molecule has 3 unspecified atom stereocenters. The number of aliphatic carboxylic acids is 1. The second-order valence-electron chi connectivity index (χ2n) is 5.39. The smallest absolute Gasteiger partial charge is 0.326 e. The van der Waals surface area contributed by atoms with Crippen LogP contribution < -0.4 is 10.6 Å². The Morgan fingerprint density at radius 1 is 1.44 bits per heavy atom. The van der Waals surface area contributed by atoms with Gasteiger partial charge in [0.15, 0.2) is 0 Å². The molecule has 1 aliphatic rings. The minimum absolute atomic E-state index is 0.0707. The minimum atomic E-state index is -0.961. The monoisotopic (exact) mass is 256 g/mol. The molecule has 104 valence electrons. The first-order chi connectivity index (χ1) is 8.40. The van der Waals surface area contributed by atoms with Gasteiger partial charge in [0.25, 0.3) is 0 Å². The van der Waals surface area contributed by atoms with Crippen molar-refractivity contribution in [3.8, 4) is 0 Å². The molecular weight excluding hydrogens is 232 g/mol. The van der Waals surface area contributed by atoms with Crippen molar-refractivity contribution in [3.05, 3.63) is 0 Å². The van der Waals surface area contributed by atoms with Gasteiger partial charge in [-0.15, -0.1) is 0 Å². The Kier molecular flexibility index (Phi) is 5.14. The number of nitrogens with one attached hydrogen (secondary N) is 2. The summed E-state index contributed by atoms with van der Waals surface area (Å²) in [5.41, 5.74) is -0.626. The second kappa shape index (κ2) is 6.18. The highest BCUT2D eigenvalue weighted by atomic mass is 16.4. The number of hydrogen-bond acceptors (Lipinski definition) is 3. The van der Waals surface area contributed by atoms with Crippen molar-refractivity contribution in [3.63, 3.8) is 0 Å². The fourth-order valence-electron chi connectivity index (χ4n) is 2.23. The van der Waals surface area contributed by atoms with Crippen LogP contribution in [0.4, 0.5) is 0 Å². The van der Waals surface area contributed by atoms with Crippen molar-refractivity contribution in [2.24, 2.45) is 5.92 Å². The van der Waals surface area contributed by atoms with Crippen LogP contribution in [0.3, 0.4) is 0 Å². The lowest BCUT2D eigenvalue weighted by molar-refractivity contribution is -0.144. The Balaban J connectivity index is 2.68. The molecular formula is C13H24N2O3. The summed E-state index contributed by atoms with van der Waals surface area (Å²) in [4.78, 5) is 23.4. The standard InChI is InChI=1S/C13H24N2O3/c1-4-9(2)10(11(16)17)15-12(18)13(3)7-5-6-8-14-13/h9-10,14H,4-8H2,1-3H3,(H,15,18)(H,16,17). The average molecular weight is 256 g/mol. The summed E-state index contributed by atoms with van der Waals surface area (Å²) in [6.07, 6.45) is 3.54. The molecule has 5 heteroatoms. The zero-order valence-corrected chi connectivity index (χ0v) is 11.5. The first-order valence-corrected chi connectivity index (χ1v) is 6.69. The van der Waals surface area contributed by atoms with E-state index in [1.807, 2.05) is 20.8 Å². The zero-order chi connectivity index (χ0) is 13.8. The van der Waals surface area contributed by atoms with Crippen LogP contribution in [0.15, 0.2) is 0 Å². The molecule has 1 rings (SSSR count). The molecule has 0 aromatic carbocycles. The van der Waals surface area contributed by atoms with Gasteiger partial charge in [0.2, 0.25) is 5.91 Å². The Hall–Kier alpha value is -1.10. The zero-order valence-electron chi connectivity index (χ0n) is 11.5. The van der Waals surface area contributed by atoms with E-state index in [4.69, 9.17) is 0 Å². The molecule has 3 atom stereocenters. The number of hydrogen-bond donors (Lipinski definition) is 3. The van der Waals surface area contributed by atoms with E-state index < -0.39 is 17.6 Å². The molecule has 0 bridgehead atoms. The Morgan fingerprint density at radius 2 is 2.11 bits per heavy atom. The van der Waals surface area contributed by atoms with Crippen LogP contribution in [0.25, 0.3) is 0 Å². The van der Waals surface area contributed by atoms with Crippen molar-refractivity contribution in [2.45, 2.75) is 58.0 Å². The summed E-state index contributed by atoms with van der Waals surface area (Å²) in [6, 6.07) is -0.803. The lowest BCUT2D eigenvalue weighted by Crippen LogP contribution is -2.60. The van der Waals surface area contributed by atoms with Gasteiger partial charge in [-0.3, -0.25) is 4.79 Å². The number of carbonyl (C=O) groups is 2. The van der Waals surface area contributed by atoms with E-state index >= 15 is 0 Å². The molecule has 0 aromatic heterocycles. The van der Waals surface area contributed by atoms with Crippen LogP contribution in [0.5, 0.6) is 0 Å². The molecule has 5 nitrogen and oxygen atoms in total. The Labute approximate surface area is 108 Å². The third kappa shape index (κ3) is 3.45. The van der Waals surface area contributed by atoms with Gasteiger partial charge in [0.05, 0.1) is 5.54 Å². The van der Waals surface area contributed by atoms with Crippen molar-refractivity contribution in [1.82, 2.24) is 10.6 Å². The van der Waals surface area contributed by atoms with E-state index in [0.717, 1.165) is 32.2 Å². The number of carbonyl (C=O) groups excluding carboxylic acids is 1. The van der Waals surface area contributed by atoms with Crippen LogP contribution in [-0.4, -0.2) is 35.1 Å². The van der Waals surface area contributed by atoms with Crippen LogP contribution in [-0.2, 0) is 9.59 Å². The van der Waals surface area contributed by atoms with Crippen molar-refractivity contribution >= 4 is 11.9 Å². The summed E-state index contributed by atoms with van der Waals surface area (Å²) in [6.45, 7) is 6.42. The third-order valence-electron chi connectivity index (χ3n) is 3.89. The van der Waals surface area contributed by atoms with E-state index in [0.29, 0.717) is 0 Å². The molecule has 1 amide bonds. The third-order valence-corrected chi connectivity index (χ3v) is 3.89. The van der Waals surface area contributed by atoms with Crippen LogP contribution in [0, 0.1) is 5.92 Å². The summed E-state index contributed by atoms with van der Waals surface area (Å²) >= 11 is 0. The molecule has 1 heterocycles. The summed E-state index contributed by atoms with van der Waals surface area (Å²) in [7, 11) is 0. The minimum Gasteiger partial charge on any atom is -0.480 e. The SMILES string of the molecule is CCC(C)C(NC(=O)C1(C)CCCCN1)C(=O)O. The molecule has 0 radical (unpaired) electrons. The second-order valence-corrected chi connectivity index (χ2v) is 5.39. The fourth-order valence-corrected chi connectivity index (χ4v) is 2.23. The molecule has 3 N–H and O–H groups in total. The highest BCUT2D eigenvalue weighted by Crippen LogP contribution is 2.19. The predicted octanol–water partition coefficient (Wildman–Crippen LogP) is 1.13. The lowest BCUT2D eigenvalue weighted by Gasteiger charge is -2.35. The number of piperidine rings is 1. The molecule has 1 fully saturated rings. The highest BCUT2D eigenvalue weighted by molar-refractivity contribution is 5.90. The normalized spacial score (nSPS) is 27.3. The number of amides is 1. The first-order valence-electron chi connectivity index (χ1n) is 6.69. The molecule has 18 heavy (non-hydrogen) atoms. The fraction of sp³-hybridized carbons (Fsp3) is 0.846. The largest absolute Gasteiger partial charge is 0.480 e. The van der Waals surface area contributed by atoms with Crippen LogP contribution in [0.2, 0.25) is 0 Å². The topological polar surface area (TPSA) is 78.4 Å². The maximum atomic E-state index is 12.2. The average Bonchev–Trinajstić information content (AvgIpc) is 2.35. The number of rotatable bonds is 5. The van der Waals surface area contributed by atoms with Gasteiger partial charge in [-0.2, -0.15) is 0 Å². The number of carboxylic acids is 1. The van der Waals surface area contributed by atoms with Crippen molar-refractivity contribution < 1.29 is 14.7 Å². The van der Waals surface area contributed by atoms with Crippen molar-refractivity contribution in [1.29, 1.82) is 0 Å². The van der Waals surface area contributed by atoms with Crippen LogP contribution in [0.1, 0.15) is 46.5 Å². The first kappa shape index (κ1) is 15.0. The van der Waals surface area contributed by atoms with E-state index in [9.17, 15) is 14.7 Å². The summed E-state index contributed by atoms with van der Waals surface area (Å²) < 4.78 is 0. The molecule has 0 saturated carbocycles. The Morgan fingerprint density at radius 3 is 2.56 bits per heavy atom. The van der Waals surface area contributed by atoms with Gasteiger partial charge >= 0.3 is 5.97 Å². The van der Waals surface area contributed by atoms with Crippen molar-refractivity contribution in [2.75, 3.05) is 6.54 Å². The Bertz CT molecular complexity index is 311.